The van der Waals surface area contributed by atoms with Gasteiger partial charge in [-0.2, -0.15) is 0 Å². The molecular weight excluding hydrogens is 282 g/mol. The first-order valence-electron chi connectivity index (χ1n) is 7.26. The number of esters is 1. The van der Waals surface area contributed by atoms with Gasteiger partial charge in [0.05, 0.1) is 17.7 Å². The molecule has 0 bridgehead atoms. The zero-order valence-electron chi connectivity index (χ0n) is 13.6. The van der Waals surface area contributed by atoms with E-state index in [4.69, 9.17) is 9.47 Å². The third-order valence-electron chi connectivity index (χ3n) is 3.17. The Hall–Kier alpha value is -2.30. The monoisotopic (exact) mass is 303 g/mol. The largest absolute Gasteiger partial charge is 0.462 e. The van der Waals surface area contributed by atoms with Crippen molar-refractivity contribution in [3.05, 3.63) is 35.5 Å². The lowest BCUT2D eigenvalue weighted by Gasteiger charge is -2.20. The van der Waals surface area contributed by atoms with Gasteiger partial charge in [-0.3, -0.25) is 0 Å². The molecule has 0 fully saturated rings. The number of rotatable bonds is 2. The number of hydrogen-bond donors (Lipinski definition) is 0. The first-order valence-corrected chi connectivity index (χ1v) is 7.26. The average molecular weight is 303 g/mol. The Labute approximate surface area is 129 Å². The van der Waals surface area contributed by atoms with Crippen molar-refractivity contribution in [2.45, 2.75) is 40.2 Å². The lowest BCUT2D eigenvalue weighted by atomic mass is 10.1. The molecule has 5 heteroatoms. The summed E-state index contributed by atoms with van der Waals surface area (Å²) in [6, 6.07) is 7.23. The van der Waals surface area contributed by atoms with Gasteiger partial charge in [-0.1, -0.05) is 18.2 Å². The average Bonchev–Trinajstić information content (AvgIpc) is 2.69. The van der Waals surface area contributed by atoms with Gasteiger partial charge >= 0.3 is 12.1 Å². The van der Waals surface area contributed by atoms with Crippen LogP contribution in [0.5, 0.6) is 0 Å². The minimum absolute atomic E-state index is 0.282. The summed E-state index contributed by atoms with van der Waals surface area (Å²) in [6.45, 7) is 9.16. The molecule has 118 valence electrons. The number of nitrogens with zero attached hydrogens (tertiary/aromatic N) is 1. The Morgan fingerprint density at radius 1 is 1.18 bits per heavy atom. The van der Waals surface area contributed by atoms with E-state index in [1.807, 2.05) is 12.1 Å². The quantitative estimate of drug-likeness (QED) is 0.789. The molecule has 0 spiro atoms. The van der Waals surface area contributed by atoms with Gasteiger partial charge in [-0.05, 0) is 40.7 Å². The normalized spacial score (nSPS) is 11.5. The zero-order chi connectivity index (χ0) is 16.5. The van der Waals surface area contributed by atoms with Gasteiger partial charge in [-0.25, -0.2) is 14.2 Å². The standard InChI is InChI=1S/C17H21NO4/c1-6-21-15(19)14-11(2)18(16(20)22-17(3,4)5)13-10-8-7-9-12(13)14/h7-10H,6H2,1-5H3. The van der Waals surface area contributed by atoms with Gasteiger partial charge in [0, 0.05) is 11.1 Å². The molecule has 1 heterocycles. The van der Waals surface area contributed by atoms with Gasteiger partial charge in [0.15, 0.2) is 0 Å². The molecular formula is C17H21NO4. The van der Waals surface area contributed by atoms with Crippen LogP contribution in [-0.4, -0.2) is 28.8 Å². The van der Waals surface area contributed by atoms with Crippen molar-refractivity contribution in [3.8, 4) is 0 Å². The van der Waals surface area contributed by atoms with Crippen molar-refractivity contribution in [3.63, 3.8) is 0 Å². The number of carbonyl (C=O) groups excluding carboxylic acids is 2. The van der Waals surface area contributed by atoms with Crippen molar-refractivity contribution in [2.75, 3.05) is 6.61 Å². The topological polar surface area (TPSA) is 57.5 Å². The van der Waals surface area contributed by atoms with Gasteiger partial charge in [0.2, 0.25) is 0 Å². The highest BCUT2D eigenvalue weighted by atomic mass is 16.6. The fraction of sp³-hybridized carbons (Fsp3) is 0.412. The SMILES string of the molecule is CCOC(=O)c1c(C)n(C(=O)OC(C)(C)C)c2ccccc12. The minimum atomic E-state index is -0.612. The van der Waals surface area contributed by atoms with Crippen LogP contribution in [0.4, 0.5) is 4.79 Å². The molecule has 2 rings (SSSR count). The van der Waals surface area contributed by atoms with Crippen LogP contribution in [0.3, 0.4) is 0 Å². The predicted octanol–water partition coefficient (Wildman–Crippen LogP) is 3.91. The maximum absolute atomic E-state index is 12.5. The zero-order valence-corrected chi connectivity index (χ0v) is 13.6. The molecule has 0 aliphatic carbocycles. The van der Waals surface area contributed by atoms with Crippen LogP contribution < -0.4 is 0 Å². The Bertz CT molecular complexity index is 722. The summed E-state index contributed by atoms with van der Waals surface area (Å²) in [6.07, 6.45) is -0.503. The van der Waals surface area contributed by atoms with Crippen LogP contribution in [-0.2, 0) is 9.47 Å². The Kier molecular flexibility index (Phi) is 4.26. The molecule has 1 aromatic heterocycles. The van der Waals surface area contributed by atoms with Crippen LogP contribution in [0, 0.1) is 6.92 Å². The molecule has 0 amide bonds. The summed E-state index contributed by atoms with van der Waals surface area (Å²) in [5, 5.41) is 0.685. The van der Waals surface area contributed by atoms with Gasteiger partial charge in [0.25, 0.3) is 0 Å². The summed E-state index contributed by atoms with van der Waals surface area (Å²) in [7, 11) is 0. The number of benzene rings is 1. The summed E-state index contributed by atoms with van der Waals surface area (Å²) in [5.41, 5.74) is 0.952. The molecule has 0 saturated carbocycles. The van der Waals surface area contributed by atoms with Crippen molar-refractivity contribution in [2.24, 2.45) is 0 Å². The number of ether oxygens (including phenoxy) is 2. The first-order chi connectivity index (χ1) is 10.3. The van der Waals surface area contributed by atoms with E-state index in [0.717, 1.165) is 0 Å². The molecule has 5 nitrogen and oxygen atoms in total. The second-order valence-electron chi connectivity index (χ2n) is 6.01. The molecule has 0 unspecified atom stereocenters. The van der Waals surface area contributed by atoms with Crippen molar-refractivity contribution in [1.29, 1.82) is 0 Å². The Morgan fingerprint density at radius 3 is 2.41 bits per heavy atom. The maximum Gasteiger partial charge on any atom is 0.419 e. The van der Waals surface area contributed by atoms with Crippen molar-refractivity contribution in [1.82, 2.24) is 4.57 Å². The maximum atomic E-state index is 12.5. The van der Waals surface area contributed by atoms with Crippen LogP contribution in [0.2, 0.25) is 0 Å². The molecule has 2 aromatic rings. The first kappa shape index (κ1) is 16.1. The van der Waals surface area contributed by atoms with E-state index >= 15 is 0 Å². The van der Waals surface area contributed by atoms with Gasteiger partial charge in [0.1, 0.15) is 5.60 Å². The summed E-state index contributed by atoms with van der Waals surface area (Å²) in [5.74, 6) is -0.432. The van der Waals surface area contributed by atoms with Gasteiger partial charge < -0.3 is 9.47 Å². The van der Waals surface area contributed by atoms with E-state index < -0.39 is 17.7 Å². The van der Waals surface area contributed by atoms with Crippen LogP contribution in [0.15, 0.2) is 24.3 Å². The fourth-order valence-electron chi connectivity index (χ4n) is 2.37. The van der Waals surface area contributed by atoms with Crippen molar-refractivity contribution >= 4 is 23.0 Å². The van der Waals surface area contributed by atoms with Crippen LogP contribution >= 0.6 is 0 Å². The molecule has 0 saturated heterocycles. The number of carbonyl (C=O) groups is 2. The number of aromatic nitrogens is 1. The van der Waals surface area contributed by atoms with E-state index in [2.05, 4.69) is 0 Å². The summed E-state index contributed by atoms with van der Waals surface area (Å²) < 4.78 is 12.0. The van der Waals surface area contributed by atoms with E-state index in [-0.39, 0.29) is 6.61 Å². The van der Waals surface area contributed by atoms with E-state index in [1.54, 1.807) is 46.8 Å². The second-order valence-corrected chi connectivity index (χ2v) is 6.01. The second kappa shape index (κ2) is 5.83. The summed E-state index contributed by atoms with van der Waals surface area (Å²) in [4.78, 5) is 24.7. The molecule has 0 aliphatic rings. The third kappa shape index (κ3) is 2.98. The lowest BCUT2D eigenvalue weighted by Crippen LogP contribution is -2.27. The Morgan fingerprint density at radius 2 is 1.82 bits per heavy atom. The van der Waals surface area contributed by atoms with Crippen LogP contribution in [0.25, 0.3) is 10.9 Å². The number of para-hydroxylation sites is 1. The molecule has 0 aliphatic heterocycles. The van der Waals surface area contributed by atoms with E-state index in [1.165, 1.54) is 4.57 Å². The highest BCUT2D eigenvalue weighted by Crippen LogP contribution is 2.27. The highest BCUT2D eigenvalue weighted by Gasteiger charge is 2.26. The molecule has 22 heavy (non-hydrogen) atoms. The van der Waals surface area contributed by atoms with E-state index in [0.29, 0.717) is 22.2 Å². The Balaban J connectivity index is 2.63. The number of hydrogen-bond acceptors (Lipinski definition) is 4. The highest BCUT2D eigenvalue weighted by molar-refractivity contribution is 6.08. The fourth-order valence-corrected chi connectivity index (χ4v) is 2.37. The summed E-state index contributed by atoms with van der Waals surface area (Å²) >= 11 is 0. The number of fused-ring (bicyclic) bond motifs is 1. The van der Waals surface area contributed by atoms with E-state index in [9.17, 15) is 9.59 Å². The molecule has 0 radical (unpaired) electrons. The smallest absolute Gasteiger partial charge is 0.419 e. The van der Waals surface area contributed by atoms with Crippen LogP contribution in [0.1, 0.15) is 43.7 Å². The lowest BCUT2D eigenvalue weighted by molar-refractivity contribution is 0.0526. The minimum Gasteiger partial charge on any atom is -0.462 e. The van der Waals surface area contributed by atoms with Gasteiger partial charge in [-0.15, -0.1) is 0 Å². The molecule has 0 atom stereocenters. The molecule has 1 aromatic carbocycles. The van der Waals surface area contributed by atoms with Crippen molar-refractivity contribution < 1.29 is 19.1 Å². The predicted molar refractivity (Wildman–Crippen MR) is 84.3 cm³/mol. The third-order valence-corrected chi connectivity index (χ3v) is 3.17. The molecule has 0 N–H and O–H groups in total.